The van der Waals surface area contributed by atoms with Crippen molar-refractivity contribution in [3.63, 3.8) is 0 Å². The molecule has 1 atom stereocenters. The monoisotopic (exact) mass is 230 g/mol. The first-order valence-electron chi connectivity index (χ1n) is 5.92. The van der Waals surface area contributed by atoms with Crippen LogP contribution in [0.25, 0.3) is 0 Å². The molecule has 0 saturated carbocycles. The number of piperazine rings is 1. The second-order valence-corrected chi connectivity index (χ2v) is 9.69. The van der Waals surface area contributed by atoms with Gasteiger partial charge in [0, 0.05) is 39.3 Å². The lowest BCUT2D eigenvalue weighted by atomic mass is 10.2. The van der Waals surface area contributed by atoms with Crippen LogP contribution < -0.4 is 0 Å². The van der Waals surface area contributed by atoms with Crippen molar-refractivity contribution in [3.8, 4) is 0 Å². The zero-order valence-corrected chi connectivity index (χ0v) is 11.9. The van der Waals surface area contributed by atoms with Gasteiger partial charge in [0.2, 0.25) is 0 Å². The minimum Gasteiger partial charge on any atom is -0.420 e. The third-order valence-electron chi connectivity index (χ3n) is 3.50. The lowest BCUT2D eigenvalue weighted by Crippen LogP contribution is -2.50. The first kappa shape index (κ1) is 13.2. The summed E-state index contributed by atoms with van der Waals surface area (Å²) in [5.74, 6) is 0. The minimum atomic E-state index is -1.40. The summed E-state index contributed by atoms with van der Waals surface area (Å²) in [6, 6.07) is 1.92. The summed E-state index contributed by atoms with van der Waals surface area (Å²) in [5.41, 5.74) is 0. The summed E-state index contributed by atoms with van der Waals surface area (Å²) in [4.78, 5) is 5.01. The van der Waals surface area contributed by atoms with E-state index in [0.717, 1.165) is 0 Å². The second kappa shape index (κ2) is 5.43. The Morgan fingerprint density at radius 1 is 1.20 bits per heavy atom. The van der Waals surface area contributed by atoms with Crippen molar-refractivity contribution in [2.75, 3.05) is 40.3 Å². The predicted molar refractivity (Wildman–Crippen MR) is 67.8 cm³/mol. The third-order valence-corrected chi connectivity index (χ3v) is 6.18. The number of nitrogens with zero attached hydrogens (tertiary/aromatic N) is 2. The maximum absolute atomic E-state index is 5.62. The van der Waals surface area contributed by atoms with Crippen LogP contribution in [0.5, 0.6) is 0 Å². The van der Waals surface area contributed by atoms with Crippen molar-refractivity contribution in [1.82, 2.24) is 9.80 Å². The van der Waals surface area contributed by atoms with Crippen molar-refractivity contribution in [2.24, 2.45) is 0 Å². The fourth-order valence-electron chi connectivity index (χ4n) is 2.19. The minimum absolute atomic E-state index is 0.681. The van der Waals surface area contributed by atoms with Gasteiger partial charge in [-0.1, -0.05) is 0 Å². The molecule has 0 aromatic rings. The Morgan fingerprint density at radius 2 is 1.73 bits per heavy atom. The van der Waals surface area contributed by atoms with Crippen molar-refractivity contribution in [2.45, 2.75) is 32.1 Å². The van der Waals surface area contributed by atoms with E-state index in [-0.39, 0.29) is 0 Å². The number of rotatable bonds is 4. The zero-order chi connectivity index (χ0) is 11.5. The Bertz CT molecular complexity index is 191. The topological polar surface area (TPSA) is 15.7 Å². The van der Waals surface area contributed by atoms with E-state index < -0.39 is 8.32 Å². The standard InChI is InChI=1S/C11H26N2OSi/c1-11(10-15(4,5)14-3)13-8-6-12(2)7-9-13/h11H,6-10H2,1-5H3. The van der Waals surface area contributed by atoms with E-state index in [1.54, 1.807) is 0 Å². The van der Waals surface area contributed by atoms with E-state index in [0.29, 0.717) is 6.04 Å². The van der Waals surface area contributed by atoms with E-state index >= 15 is 0 Å². The summed E-state index contributed by atoms with van der Waals surface area (Å²) in [6.45, 7) is 11.8. The van der Waals surface area contributed by atoms with E-state index in [9.17, 15) is 0 Å². The van der Waals surface area contributed by atoms with Crippen LogP contribution in [-0.4, -0.2) is 64.5 Å². The summed E-state index contributed by atoms with van der Waals surface area (Å²) in [5, 5.41) is 0. The maximum Gasteiger partial charge on any atom is 0.187 e. The molecule has 1 saturated heterocycles. The van der Waals surface area contributed by atoms with Crippen LogP contribution in [0.15, 0.2) is 0 Å². The molecule has 0 N–H and O–H groups in total. The highest BCUT2D eigenvalue weighted by molar-refractivity contribution is 6.71. The highest BCUT2D eigenvalue weighted by Gasteiger charge is 2.28. The SMILES string of the molecule is CO[Si](C)(C)CC(C)N1CCN(C)CC1. The van der Waals surface area contributed by atoms with E-state index in [2.05, 4.69) is 36.9 Å². The van der Waals surface area contributed by atoms with Gasteiger partial charge in [-0.3, -0.25) is 4.90 Å². The molecular formula is C11H26N2OSi. The highest BCUT2D eigenvalue weighted by Crippen LogP contribution is 2.17. The first-order chi connectivity index (χ1) is 6.94. The fraction of sp³-hybridized carbons (Fsp3) is 1.00. The third kappa shape index (κ3) is 4.22. The van der Waals surface area contributed by atoms with E-state index in [1.807, 2.05) is 7.11 Å². The molecule has 15 heavy (non-hydrogen) atoms. The first-order valence-corrected chi connectivity index (χ1v) is 9.04. The van der Waals surface area contributed by atoms with Gasteiger partial charge < -0.3 is 9.33 Å². The molecule has 0 bridgehead atoms. The molecule has 0 spiro atoms. The van der Waals surface area contributed by atoms with Crippen LogP contribution in [0.3, 0.4) is 0 Å². The molecule has 1 fully saturated rings. The van der Waals surface area contributed by atoms with Crippen molar-refractivity contribution >= 4 is 8.32 Å². The Hall–Kier alpha value is 0.0969. The molecule has 1 aliphatic heterocycles. The smallest absolute Gasteiger partial charge is 0.187 e. The second-order valence-electron chi connectivity index (χ2n) is 5.36. The van der Waals surface area contributed by atoms with E-state index in [1.165, 1.54) is 32.2 Å². The zero-order valence-electron chi connectivity index (χ0n) is 10.9. The molecule has 0 aromatic carbocycles. The Morgan fingerprint density at radius 3 is 2.20 bits per heavy atom. The van der Waals surface area contributed by atoms with Gasteiger partial charge in [0.25, 0.3) is 0 Å². The van der Waals surface area contributed by atoms with Gasteiger partial charge in [-0.25, -0.2) is 0 Å². The molecule has 0 aliphatic carbocycles. The van der Waals surface area contributed by atoms with Crippen LogP contribution in [0.1, 0.15) is 6.92 Å². The lowest BCUT2D eigenvalue weighted by Gasteiger charge is -2.38. The Kier molecular flexibility index (Phi) is 4.77. The highest BCUT2D eigenvalue weighted by atomic mass is 28.4. The lowest BCUT2D eigenvalue weighted by molar-refractivity contribution is 0.124. The molecule has 90 valence electrons. The van der Waals surface area contributed by atoms with Gasteiger partial charge >= 0.3 is 0 Å². The van der Waals surface area contributed by atoms with Crippen LogP contribution in [-0.2, 0) is 4.43 Å². The molecule has 4 heteroatoms. The molecule has 0 radical (unpaired) electrons. The molecular weight excluding hydrogens is 204 g/mol. The average molecular weight is 230 g/mol. The van der Waals surface area contributed by atoms with Crippen LogP contribution >= 0.6 is 0 Å². The van der Waals surface area contributed by atoms with Crippen molar-refractivity contribution in [1.29, 1.82) is 0 Å². The number of likely N-dealkylation sites (N-methyl/N-ethyl adjacent to an activating group) is 1. The predicted octanol–water partition coefficient (Wildman–Crippen LogP) is 1.47. The quantitative estimate of drug-likeness (QED) is 0.680. The van der Waals surface area contributed by atoms with Gasteiger partial charge in [0.05, 0.1) is 0 Å². The summed E-state index contributed by atoms with van der Waals surface area (Å²) >= 11 is 0. The molecule has 0 amide bonds. The van der Waals surface area contributed by atoms with Gasteiger partial charge in [0.15, 0.2) is 8.32 Å². The molecule has 3 nitrogen and oxygen atoms in total. The summed E-state index contributed by atoms with van der Waals surface area (Å²) in [7, 11) is 2.67. The van der Waals surface area contributed by atoms with Gasteiger partial charge in [-0.2, -0.15) is 0 Å². The largest absolute Gasteiger partial charge is 0.420 e. The van der Waals surface area contributed by atoms with Gasteiger partial charge in [-0.15, -0.1) is 0 Å². The summed E-state index contributed by atoms with van der Waals surface area (Å²) in [6.07, 6.45) is 0. The fourth-order valence-corrected chi connectivity index (χ4v) is 4.03. The molecule has 1 rings (SSSR count). The van der Waals surface area contributed by atoms with Gasteiger partial charge in [0.1, 0.15) is 0 Å². The number of hydrogen-bond donors (Lipinski definition) is 0. The average Bonchev–Trinajstić information content (AvgIpc) is 2.18. The molecule has 0 aromatic heterocycles. The van der Waals surface area contributed by atoms with Crippen molar-refractivity contribution in [3.05, 3.63) is 0 Å². The maximum atomic E-state index is 5.62. The van der Waals surface area contributed by atoms with Crippen LogP contribution in [0, 0.1) is 0 Å². The molecule has 1 heterocycles. The molecule has 1 unspecified atom stereocenters. The van der Waals surface area contributed by atoms with Crippen LogP contribution in [0.2, 0.25) is 19.1 Å². The number of hydrogen-bond acceptors (Lipinski definition) is 3. The summed E-state index contributed by atoms with van der Waals surface area (Å²) < 4.78 is 5.62. The normalized spacial score (nSPS) is 23.0. The van der Waals surface area contributed by atoms with Crippen molar-refractivity contribution < 1.29 is 4.43 Å². The van der Waals surface area contributed by atoms with E-state index in [4.69, 9.17) is 4.43 Å². The Balaban J connectivity index is 2.37. The van der Waals surface area contributed by atoms with Crippen LogP contribution in [0.4, 0.5) is 0 Å². The van der Waals surface area contributed by atoms with Gasteiger partial charge in [-0.05, 0) is 33.1 Å². The molecule has 1 aliphatic rings. The Labute approximate surface area is 95.5 Å².